The maximum absolute atomic E-state index is 11.1. The third-order valence-electron chi connectivity index (χ3n) is 1.75. The van der Waals surface area contributed by atoms with Crippen molar-refractivity contribution in [2.45, 2.75) is 11.8 Å². The summed E-state index contributed by atoms with van der Waals surface area (Å²) in [5.74, 6) is 0. The molecule has 0 saturated heterocycles. The first-order chi connectivity index (χ1) is 7.43. The molecule has 1 aromatic carbocycles. The van der Waals surface area contributed by atoms with Crippen LogP contribution in [-0.4, -0.2) is 25.5 Å². The van der Waals surface area contributed by atoms with Crippen molar-refractivity contribution in [1.82, 2.24) is 5.32 Å². The maximum Gasteiger partial charge on any atom is 1.00 e. The van der Waals surface area contributed by atoms with Crippen LogP contribution in [-0.2, 0) is 10.1 Å². The van der Waals surface area contributed by atoms with Gasteiger partial charge in [0.15, 0.2) is 0 Å². The molecule has 17 heavy (non-hydrogen) atoms. The summed E-state index contributed by atoms with van der Waals surface area (Å²) < 4.78 is 30.2. The first-order valence-corrected chi connectivity index (χ1v) is 6.00. The standard InChI is InChI=1S/C9H12N2O4S.Na/c1-2-10-9(12)11-7-3-5-8(6-4-7)16(13,14)15;/h3-6H,2H2,1H3,(H2,10,11,12)(H,13,14,15);/q;+1. The minimum atomic E-state index is -4.19. The van der Waals surface area contributed by atoms with Gasteiger partial charge in [0.05, 0.1) is 4.90 Å². The van der Waals surface area contributed by atoms with Gasteiger partial charge in [0.25, 0.3) is 10.1 Å². The Bertz CT molecular complexity index is 472. The Morgan fingerprint density at radius 2 is 1.82 bits per heavy atom. The number of benzene rings is 1. The minimum Gasteiger partial charge on any atom is -0.338 e. The van der Waals surface area contributed by atoms with Crippen LogP contribution in [0, 0.1) is 0 Å². The summed E-state index contributed by atoms with van der Waals surface area (Å²) in [7, 11) is -4.19. The first-order valence-electron chi connectivity index (χ1n) is 4.56. The molecule has 6 nitrogen and oxygen atoms in total. The van der Waals surface area contributed by atoms with E-state index in [1.54, 1.807) is 6.92 Å². The molecule has 1 aromatic rings. The topological polar surface area (TPSA) is 95.5 Å². The molecule has 88 valence electrons. The van der Waals surface area contributed by atoms with E-state index < -0.39 is 10.1 Å². The minimum absolute atomic E-state index is 0. The van der Waals surface area contributed by atoms with Crippen LogP contribution >= 0.6 is 0 Å². The second-order valence-electron chi connectivity index (χ2n) is 2.98. The molecule has 0 atom stereocenters. The van der Waals surface area contributed by atoms with Crippen molar-refractivity contribution in [3.8, 4) is 0 Å². The average molecular weight is 267 g/mol. The van der Waals surface area contributed by atoms with Gasteiger partial charge in [-0.05, 0) is 31.2 Å². The molecule has 0 aliphatic heterocycles. The summed E-state index contributed by atoms with van der Waals surface area (Å²) in [5.41, 5.74) is 0.443. The smallest absolute Gasteiger partial charge is 0.338 e. The Kier molecular flexibility index (Phi) is 6.73. The van der Waals surface area contributed by atoms with Crippen LogP contribution in [0.5, 0.6) is 0 Å². The number of hydrogen-bond donors (Lipinski definition) is 3. The third kappa shape index (κ3) is 5.51. The van der Waals surface area contributed by atoms with Gasteiger partial charge in [0.1, 0.15) is 0 Å². The summed E-state index contributed by atoms with van der Waals surface area (Å²) in [6.45, 7) is 2.27. The molecule has 2 amide bonds. The zero-order valence-corrected chi connectivity index (χ0v) is 12.4. The molecular weight excluding hydrogens is 255 g/mol. The molecule has 0 unspecified atom stereocenters. The van der Waals surface area contributed by atoms with Crippen molar-refractivity contribution < 1.29 is 47.3 Å². The molecule has 0 saturated carbocycles. The Labute approximate surface area is 122 Å². The summed E-state index contributed by atoms with van der Waals surface area (Å²) in [5, 5.41) is 5.02. The summed E-state index contributed by atoms with van der Waals surface area (Å²) in [4.78, 5) is 10.9. The molecule has 0 heterocycles. The van der Waals surface area contributed by atoms with Gasteiger partial charge >= 0.3 is 35.6 Å². The van der Waals surface area contributed by atoms with E-state index in [1.807, 2.05) is 0 Å². The van der Waals surface area contributed by atoms with Crippen LogP contribution in [0.25, 0.3) is 0 Å². The fraction of sp³-hybridized carbons (Fsp3) is 0.222. The molecule has 0 bridgehead atoms. The zero-order chi connectivity index (χ0) is 12.2. The van der Waals surface area contributed by atoms with Gasteiger partial charge in [-0.1, -0.05) is 0 Å². The zero-order valence-electron chi connectivity index (χ0n) is 9.60. The number of carbonyl (C=O) groups is 1. The van der Waals surface area contributed by atoms with E-state index >= 15 is 0 Å². The number of anilines is 1. The molecule has 0 spiro atoms. The Morgan fingerprint density at radius 1 is 1.29 bits per heavy atom. The molecule has 0 fully saturated rings. The maximum atomic E-state index is 11.1. The normalized spacial score (nSPS) is 10.2. The molecular formula is C9H12N2NaO4S+. The number of rotatable bonds is 3. The second-order valence-corrected chi connectivity index (χ2v) is 4.41. The number of hydrogen-bond acceptors (Lipinski definition) is 3. The second kappa shape index (κ2) is 6.97. The molecule has 0 aliphatic carbocycles. The molecule has 0 radical (unpaired) electrons. The van der Waals surface area contributed by atoms with Crippen molar-refractivity contribution in [2.75, 3.05) is 11.9 Å². The van der Waals surface area contributed by atoms with Crippen LogP contribution in [0.4, 0.5) is 10.5 Å². The van der Waals surface area contributed by atoms with Crippen LogP contribution in [0.3, 0.4) is 0 Å². The van der Waals surface area contributed by atoms with Gasteiger partial charge in [0, 0.05) is 12.2 Å². The van der Waals surface area contributed by atoms with Crippen molar-refractivity contribution in [2.24, 2.45) is 0 Å². The van der Waals surface area contributed by atoms with Crippen LogP contribution in [0.15, 0.2) is 29.2 Å². The van der Waals surface area contributed by atoms with Crippen molar-refractivity contribution in [1.29, 1.82) is 0 Å². The Morgan fingerprint density at radius 3 is 2.24 bits per heavy atom. The van der Waals surface area contributed by atoms with E-state index in [4.69, 9.17) is 4.55 Å². The van der Waals surface area contributed by atoms with Crippen LogP contribution < -0.4 is 40.2 Å². The SMILES string of the molecule is CCNC(=O)Nc1ccc(S(=O)(=O)O)cc1.[Na+]. The van der Waals surface area contributed by atoms with Gasteiger partial charge in [-0.2, -0.15) is 8.42 Å². The largest absolute Gasteiger partial charge is 1.00 e. The van der Waals surface area contributed by atoms with Crippen molar-refractivity contribution in [3.05, 3.63) is 24.3 Å². The van der Waals surface area contributed by atoms with E-state index in [1.165, 1.54) is 24.3 Å². The number of amides is 2. The van der Waals surface area contributed by atoms with E-state index in [0.717, 1.165) is 0 Å². The monoisotopic (exact) mass is 267 g/mol. The Hall–Kier alpha value is -0.600. The average Bonchev–Trinajstić information content (AvgIpc) is 2.17. The van der Waals surface area contributed by atoms with E-state index in [2.05, 4.69) is 10.6 Å². The molecule has 3 N–H and O–H groups in total. The van der Waals surface area contributed by atoms with Crippen molar-refractivity contribution >= 4 is 21.8 Å². The van der Waals surface area contributed by atoms with Gasteiger partial charge in [-0.25, -0.2) is 4.79 Å². The quantitative estimate of drug-likeness (QED) is 0.439. The molecule has 0 aliphatic rings. The number of carbonyl (C=O) groups excluding carboxylic acids is 1. The molecule has 1 rings (SSSR count). The van der Waals surface area contributed by atoms with E-state index in [0.29, 0.717) is 12.2 Å². The predicted molar refractivity (Wildman–Crippen MR) is 59.0 cm³/mol. The predicted octanol–water partition coefficient (Wildman–Crippen LogP) is -1.92. The fourth-order valence-corrected chi connectivity index (χ4v) is 1.53. The van der Waals surface area contributed by atoms with Gasteiger partial charge in [-0.3, -0.25) is 4.55 Å². The third-order valence-corrected chi connectivity index (χ3v) is 2.62. The molecule has 8 heteroatoms. The Balaban J connectivity index is 0.00000256. The van der Waals surface area contributed by atoms with Crippen molar-refractivity contribution in [3.63, 3.8) is 0 Å². The first kappa shape index (κ1) is 16.4. The van der Waals surface area contributed by atoms with Gasteiger partial charge < -0.3 is 10.6 Å². The van der Waals surface area contributed by atoms with Gasteiger partial charge in [0.2, 0.25) is 0 Å². The summed E-state index contributed by atoms with van der Waals surface area (Å²) >= 11 is 0. The van der Waals surface area contributed by atoms with Crippen LogP contribution in [0.1, 0.15) is 6.92 Å². The fourth-order valence-electron chi connectivity index (χ4n) is 1.05. The summed E-state index contributed by atoms with van der Waals surface area (Å²) in [6.07, 6.45) is 0. The van der Waals surface area contributed by atoms with Gasteiger partial charge in [-0.15, -0.1) is 0 Å². The van der Waals surface area contributed by atoms with E-state index in [9.17, 15) is 13.2 Å². The van der Waals surface area contributed by atoms with E-state index in [-0.39, 0.29) is 40.5 Å². The molecule has 0 aromatic heterocycles. The number of urea groups is 1. The summed E-state index contributed by atoms with van der Waals surface area (Å²) in [6, 6.07) is 4.81. The van der Waals surface area contributed by atoms with Crippen LogP contribution in [0.2, 0.25) is 0 Å². The number of nitrogens with one attached hydrogen (secondary N) is 2.